The Morgan fingerprint density at radius 1 is 1.16 bits per heavy atom. The van der Waals surface area contributed by atoms with Crippen LogP contribution in [0.5, 0.6) is 0 Å². The van der Waals surface area contributed by atoms with Gasteiger partial charge in [0, 0.05) is 34.6 Å². The Bertz CT molecular complexity index is 1220. The van der Waals surface area contributed by atoms with Crippen molar-refractivity contribution in [1.29, 1.82) is 0 Å². The highest BCUT2D eigenvalue weighted by atomic mass is 35.5. The molecule has 1 fully saturated rings. The summed E-state index contributed by atoms with van der Waals surface area (Å²) in [6.45, 7) is 5.33. The van der Waals surface area contributed by atoms with Crippen LogP contribution in [-0.2, 0) is 10.0 Å². The third-order valence-electron chi connectivity index (χ3n) is 5.38. The summed E-state index contributed by atoms with van der Waals surface area (Å²) in [6.07, 6.45) is 2.69. The van der Waals surface area contributed by atoms with E-state index in [-0.39, 0.29) is 0 Å². The number of hydrogen-bond donors (Lipinski definition) is 1. The summed E-state index contributed by atoms with van der Waals surface area (Å²) in [5, 5.41) is 7.30. The summed E-state index contributed by atoms with van der Waals surface area (Å²) < 4.78 is 28.1. The molecule has 0 amide bonds. The third-order valence-corrected chi connectivity index (χ3v) is 8.29. The summed E-state index contributed by atoms with van der Waals surface area (Å²) in [7, 11) is -3.54. The Hall–Kier alpha value is -2.26. The first kappa shape index (κ1) is 22.9. The van der Waals surface area contributed by atoms with Crippen LogP contribution in [0, 0.1) is 11.8 Å². The molecule has 168 valence electrons. The Balaban J connectivity index is 1.50. The lowest BCUT2D eigenvalue weighted by Crippen LogP contribution is -2.42. The van der Waals surface area contributed by atoms with Gasteiger partial charge in [-0.05, 0) is 36.5 Å². The van der Waals surface area contributed by atoms with Crippen LogP contribution in [0.15, 0.2) is 63.9 Å². The van der Waals surface area contributed by atoms with E-state index >= 15 is 0 Å². The molecule has 2 aromatic carbocycles. The van der Waals surface area contributed by atoms with E-state index in [1.54, 1.807) is 34.8 Å². The molecule has 3 aromatic rings. The number of piperidine rings is 1. The minimum Gasteiger partial charge on any atom is -0.253 e. The summed E-state index contributed by atoms with van der Waals surface area (Å²) >= 11 is 7.53. The molecule has 1 aliphatic heterocycles. The maximum absolute atomic E-state index is 13.2. The van der Waals surface area contributed by atoms with Crippen LogP contribution in [0.2, 0.25) is 5.02 Å². The monoisotopic (exact) mass is 488 g/mol. The van der Waals surface area contributed by atoms with Gasteiger partial charge in [0.05, 0.1) is 16.8 Å². The van der Waals surface area contributed by atoms with Crippen LogP contribution < -0.4 is 5.43 Å². The second kappa shape index (κ2) is 9.70. The molecule has 0 bridgehead atoms. The number of nitrogens with zero attached hydrogens (tertiary/aromatic N) is 3. The van der Waals surface area contributed by atoms with Crippen molar-refractivity contribution in [2.45, 2.75) is 25.2 Å². The summed E-state index contributed by atoms with van der Waals surface area (Å²) in [4.78, 5) is 4.85. The average Bonchev–Trinajstić information content (AvgIpc) is 3.23. The molecule has 0 spiro atoms. The topological polar surface area (TPSA) is 74.7 Å². The number of sulfonamides is 1. The van der Waals surface area contributed by atoms with Gasteiger partial charge in [-0.3, -0.25) is 5.43 Å². The Kier molecular flexibility index (Phi) is 6.95. The van der Waals surface area contributed by atoms with Crippen molar-refractivity contribution in [1.82, 2.24) is 9.29 Å². The maximum atomic E-state index is 13.2. The average molecular weight is 489 g/mol. The largest absolute Gasteiger partial charge is 0.253 e. The SMILES string of the molecule is CC1CC(C)CN(S(=O)(=O)c2cccc(-c3csc(N/N=C/c4ccccc4Cl)n3)c2)C1. The summed E-state index contributed by atoms with van der Waals surface area (Å²) in [6, 6.07) is 14.4. The van der Waals surface area contributed by atoms with Crippen molar-refractivity contribution in [3.8, 4) is 11.3 Å². The minimum absolute atomic E-state index is 0.301. The predicted octanol–water partition coefficient (Wildman–Crippen LogP) is 5.58. The zero-order valence-electron chi connectivity index (χ0n) is 17.9. The molecular formula is C23H25ClN4O2S2. The van der Waals surface area contributed by atoms with Crippen LogP contribution >= 0.6 is 22.9 Å². The van der Waals surface area contributed by atoms with Gasteiger partial charge in [0.1, 0.15) is 0 Å². The smallest absolute Gasteiger partial charge is 0.243 e. The highest BCUT2D eigenvalue weighted by molar-refractivity contribution is 7.89. The number of hydrogen-bond acceptors (Lipinski definition) is 6. The normalized spacial score (nSPS) is 20.0. The van der Waals surface area contributed by atoms with E-state index < -0.39 is 10.0 Å². The van der Waals surface area contributed by atoms with Gasteiger partial charge in [-0.2, -0.15) is 9.41 Å². The molecule has 4 rings (SSSR count). The van der Waals surface area contributed by atoms with Gasteiger partial charge in [0.25, 0.3) is 0 Å². The van der Waals surface area contributed by atoms with Crippen LogP contribution in [0.1, 0.15) is 25.8 Å². The number of hydrazone groups is 1. The highest BCUT2D eigenvalue weighted by Crippen LogP contribution is 2.30. The van der Waals surface area contributed by atoms with Gasteiger partial charge in [0.15, 0.2) is 0 Å². The van der Waals surface area contributed by atoms with Gasteiger partial charge in [-0.15, -0.1) is 11.3 Å². The standard InChI is InChI=1S/C23H25ClN4O2S2/c1-16-10-17(2)14-28(13-16)32(29,30)20-8-5-7-18(11-20)22-15-31-23(26-22)27-25-12-19-6-3-4-9-21(19)24/h3-9,11-12,15-17H,10,13-14H2,1-2H3,(H,26,27)/b25-12+. The molecule has 2 heterocycles. The molecule has 1 saturated heterocycles. The first-order valence-corrected chi connectivity index (χ1v) is 13.1. The molecule has 0 aliphatic carbocycles. The molecule has 0 radical (unpaired) electrons. The zero-order chi connectivity index (χ0) is 22.7. The molecule has 2 unspecified atom stereocenters. The fourth-order valence-electron chi connectivity index (χ4n) is 3.96. The lowest BCUT2D eigenvalue weighted by Gasteiger charge is -2.34. The highest BCUT2D eigenvalue weighted by Gasteiger charge is 2.31. The predicted molar refractivity (Wildman–Crippen MR) is 132 cm³/mol. The lowest BCUT2D eigenvalue weighted by molar-refractivity contribution is 0.222. The van der Waals surface area contributed by atoms with Crippen LogP contribution in [0.4, 0.5) is 5.13 Å². The molecule has 32 heavy (non-hydrogen) atoms. The van der Waals surface area contributed by atoms with Crippen molar-refractivity contribution in [3.05, 3.63) is 64.5 Å². The fourth-order valence-corrected chi connectivity index (χ4v) is 6.54. The number of halogens is 1. The Morgan fingerprint density at radius 3 is 2.66 bits per heavy atom. The van der Waals surface area contributed by atoms with E-state index in [0.717, 1.165) is 17.5 Å². The van der Waals surface area contributed by atoms with E-state index in [1.807, 2.05) is 29.6 Å². The molecule has 1 aromatic heterocycles. The van der Waals surface area contributed by atoms with E-state index in [9.17, 15) is 8.42 Å². The van der Waals surface area contributed by atoms with Gasteiger partial charge >= 0.3 is 0 Å². The number of anilines is 1. The maximum Gasteiger partial charge on any atom is 0.243 e. The number of thiazole rings is 1. The molecular weight excluding hydrogens is 464 g/mol. The fraction of sp³-hybridized carbons (Fsp3) is 0.304. The van der Waals surface area contributed by atoms with Crippen LogP contribution in [0.3, 0.4) is 0 Å². The Labute approximate surface area is 198 Å². The third kappa shape index (κ3) is 5.20. The van der Waals surface area contributed by atoms with Crippen LogP contribution in [-0.4, -0.2) is 37.0 Å². The van der Waals surface area contributed by atoms with E-state index in [0.29, 0.717) is 45.7 Å². The van der Waals surface area contributed by atoms with E-state index in [1.165, 1.54) is 11.3 Å². The zero-order valence-corrected chi connectivity index (χ0v) is 20.3. The van der Waals surface area contributed by atoms with E-state index in [4.69, 9.17) is 11.6 Å². The molecule has 2 atom stereocenters. The number of nitrogens with one attached hydrogen (secondary N) is 1. The van der Waals surface area contributed by atoms with Gasteiger partial charge < -0.3 is 0 Å². The lowest BCUT2D eigenvalue weighted by atomic mass is 9.94. The second-order valence-corrected chi connectivity index (χ2v) is 11.4. The quantitative estimate of drug-likeness (QED) is 0.363. The van der Waals surface area contributed by atoms with E-state index in [2.05, 4.69) is 29.4 Å². The molecule has 0 saturated carbocycles. The van der Waals surface area contributed by atoms with Gasteiger partial charge in [0.2, 0.25) is 15.2 Å². The number of rotatable bonds is 6. The van der Waals surface area contributed by atoms with Crippen molar-refractivity contribution in [2.75, 3.05) is 18.5 Å². The minimum atomic E-state index is -3.54. The molecule has 1 aliphatic rings. The first-order valence-electron chi connectivity index (χ1n) is 10.4. The van der Waals surface area contributed by atoms with Crippen molar-refractivity contribution < 1.29 is 8.42 Å². The summed E-state index contributed by atoms with van der Waals surface area (Å²) in [5.41, 5.74) is 5.16. The van der Waals surface area contributed by atoms with Crippen molar-refractivity contribution in [3.63, 3.8) is 0 Å². The number of benzene rings is 2. The Morgan fingerprint density at radius 2 is 1.91 bits per heavy atom. The van der Waals surface area contributed by atoms with Crippen molar-refractivity contribution in [2.24, 2.45) is 16.9 Å². The molecule has 1 N–H and O–H groups in total. The van der Waals surface area contributed by atoms with Gasteiger partial charge in [-0.1, -0.05) is 55.8 Å². The molecule has 9 heteroatoms. The van der Waals surface area contributed by atoms with Crippen molar-refractivity contribution >= 4 is 44.3 Å². The summed E-state index contributed by atoms with van der Waals surface area (Å²) in [5.74, 6) is 0.713. The number of aromatic nitrogens is 1. The van der Waals surface area contributed by atoms with Crippen LogP contribution in [0.25, 0.3) is 11.3 Å². The molecule has 6 nitrogen and oxygen atoms in total. The van der Waals surface area contributed by atoms with Gasteiger partial charge in [-0.25, -0.2) is 13.4 Å². The second-order valence-electron chi connectivity index (χ2n) is 8.23. The first-order chi connectivity index (χ1) is 15.3.